The molecule has 0 amide bonds. The van der Waals surface area contributed by atoms with Gasteiger partial charge in [0.05, 0.1) is 19.0 Å². The molecule has 1 aromatic heterocycles. The van der Waals surface area contributed by atoms with Crippen LogP contribution < -0.4 is 5.32 Å². The zero-order valence-electron chi connectivity index (χ0n) is 13.5. The van der Waals surface area contributed by atoms with Crippen molar-refractivity contribution in [2.45, 2.75) is 6.42 Å². The summed E-state index contributed by atoms with van der Waals surface area (Å²) in [7, 11) is -3.29. The molecule has 7 nitrogen and oxygen atoms in total. The van der Waals surface area contributed by atoms with Crippen LogP contribution in [0.4, 0.5) is 9.52 Å². The molecule has 2 heterocycles. The molecule has 0 atom stereocenters. The van der Waals surface area contributed by atoms with E-state index in [1.165, 1.54) is 27.8 Å². The number of anilines is 1. The van der Waals surface area contributed by atoms with E-state index < -0.39 is 10.0 Å². The first-order chi connectivity index (χ1) is 12.0. The van der Waals surface area contributed by atoms with Gasteiger partial charge in [0.25, 0.3) is 0 Å². The van der Waals surface area contributed by atoms with Crippen molar-refractivity contribution in [3.05, 3.63) is 40.7 Å². The number of aromatic nitrogens is 2. The van der Waals surface area contributed by atoms with Crippen LogP contribution in [0.1, 0.15) is 10.6 Å². The van der Waals surface area contributed by atoms with E-state index in [-0.39, 0.29) is 18.1 Å². The predicted octanol–water partition coefficient (Wildman–Crippen LogP) is 1.34. The highest BCUT2D eigenvalue weighted by molar-refractivity contribution is 7.89. The minimum absolute atomic E-state index is 0.000124. The van der Waals surface area contributed by atoms with Crippen LogP contribution in [0.15, 0.2) is 24.3 Å². The lowest BCUT2D eigenvalue weighted by molar-refractivity contribution is 0.0731. The standard InChI is InChI=1S/C15H19FN4O3S2/c16-13-3-1-12(2-4-13)11-14-18-19-15(24-14)17-5-10-25(21,22)20-6-8-23-9-7-20/h1-4H,5-11H2,(H,17,19). The molecule has 1 saturated heterocycles. The molecule has 1 aromatic carbocycles. The molecule has 1 aliphatic rings. The van der Waals surface area contributed by atoms with Crippen molar-refractivity contribution in [2.75, 3.05) is 43.9 Å². The molecule has 2 aromatic rings. The molecule has 1 fully saturated rings. The first-order valence-corrected chi connectivity index (χ1v) is 10.3. The number of rotatable bonds is 7. The largest absolute Gasteiger partial charge is 0.379 e. The van der Waals surface area contributed by atoms with Crippen molar-refractivity contribution in [2.24, 2.45) is 0 Å². The summed E-state index contributed by atoms with van der Waals surface area (Å²) in [5, 5.41) is 12.5. The highest BCUT2D eigenvalue weighted by atomic mass is 32.2. The van der Waals surface area contributed by atoms with Gasteiger partial charge in [-0.15, -0.1) is 10.2 Å². The zero-order valence-corrected chi connectivity index (χ0v) is 15.2. The average Bonchev–Trinajstić information content (AvgIpc) is 3.05. The number of benzene rings is 1. The van der Waals surface area contributed by atoms with Gasteiger partial charge in [0.1, 0.15) is 10.8 Å². The molecule has 0 spiro atoms. The van der Waals surface area contributed by atoms with Gasteiger partial charge in [0.2, 0.25) is 15.2 Å². The predicted molar refractivity (Wildman–Crippen MR) is 93.8 cm³/mol. The quantitative estimate of drug-likeness (QED) is 0.773. The summed E-state index contributed by atoms with van der Waals surface area (Å²) in [6, 6.07) is 6.23. The van der Waals surface area contributed by atoms with Gasteiger partial charge in [0.15, 0.2) is 0 Å². The van der Waals surface area contributed by atoms with Crippen LogP contribution in [-0.2, 0) is 21.2 Å². The number of morpholine rings is 1. The van der Waals surface area contributed by atoms with Crippen molar-refractivity contribution < 1.29 is 17.5 Å². The smallest absolute Gasteiger partial charge is 0.215 e. The van der Waals surface area contributed by atoms with Gasteiger partial charge in [-0.25, -0.2) is 12.8 Å². The Labute approximate surface area is 149 Å². The van der Waals surface area contributed by atoms with E-state index in [1.807, 2.05) is 0 Å². The van der Waals surface area contributed by atoms with Crippen molar-refractivity contribution in [3.63, 3.8) is 0 Å². The molecule has 0 radical (unpaired) electrons. The second kappa shape index (κ2) is 8.17. The number of halogens is 1. The molecule has 1 N–H and O–H groups in total. The van der Waals surface area contributed by atoms with Gasteiger partial charge in [-0.2, -0.15) is 4.31 Å². The second-order valence-corrected chi connectivity index (χ2v) is 8.71. The Kier molecular flexibility index (Phi) is 5.94. The Balaban J connectivity index is 1.49. The molecule has 0 aliphatic carbocycles. The fourth-order valence-corrected chi connectivity index (χ4v) is 4.54. The Hall–Kier alpha value is -1.62. The number of nitrogens with one attached hydrogen (secondary N) is 1. The Morgan fingerprint density at radius 3 is 2.64 bits per heavy atom. The molecule has 0 unspecified atom stereocenters. The third-order valence-corrected chi connectivity index (χ3v) is 6.49. The highest BCUT2D eigenvalue weighted by Gasteiger charge is 2.23. The maximum atomic E-state index is 12.9. The molecular formula is C15H19FN4O3S2. The van der Waals surface area contributed by atoms with Gasteiger partial charge in [0, 0.05) is 26.1 Å². The van der Waals surface area contributed by atoms with E-state index in [9.17, 15) is 12.8 Å². The van der Waals surface area contributed by atoms with Crippen LogP contribution in [0.2, 0.25) is 0 Å². The number of nitrogens with zero attached hydrogens (tertiary/aromatic N) is 3. The zero-order chi connectivity index (χ0) is 17.7. The molecule has 10 heteroatoms. The van der Waals surface area contributed by atoms with Gasteiger partial charge < -0.3 is 10.1 Å². The van der Waals surface area contributed by atoms with Gasteiger partial charge in [-0.05, 0) is 17.7 Å². The average molecular weight is 386 g/mol. The first-order valence-electron chi connectivity index (χ1n) is 7.89. The molecular weight excluding hydrogens is 367 g/mol. The maximum Gasteiger partial charge on any atom is 0.215 e. The summed E-state index contributed by atoms with van der Waals surface area (Å²) in [5.41, 5.74) is 0.944. The molecule has 136 valence electrons. The van der Waals surface area contributed by atoms with Crippen LogP contribution in [0.25, 0.3) is 0 Å². The Morgan fingerprint density at radius 1 is 1.20 bits per heavy atom. The summed E-state index contributed by atoms with van der Waals surface area (Å²) in [6.07, 6.45) is 0.561. The van der Waals surface area contributed by atoms with E-state index >= 15 is 0 Å². The van der Waals surface area contributed by atoms with Gasteiger partial charge >= 0.3 is 0 Å². The third kappa shape index (κ3) is 5.18. The van der Waals surface area contributed by atoms with E-state index in [0.717, 1.165) is 10.6 Å². The minimum Gasteiger partial charge on any atom is -0.379 e. The van der Waals surface area contributed by atoms with Crippen molar-refractivity contribution >= 4 is 26.5 Å². The van der Waals surface area contributed by atoms with Crippen LogP contribution in [0.5, 0.6) is 0 Å². The summed E-state index contributed by atoms with van der Waals surface area (Å²) in [4.78, 5) is 0. The summed E-state index contributed by atoms with van der Waals surface area (Å²) in [5.74, 6) is -0.273. The molecule has 3 rings (SSSR count). The lowest BCUT2D eigenvalue weighted by Crippen LogP contribution is -2.42. The number of hydrogen-bond donors (Lipinski definition) is 1. The number of ether oxygens (including phenoxy) is 1. The lowest BCUT2D eigenvalue weighted by Gasteiger charge is -2.25. The first kappa shape index (κ1) is 18.2. The van der Waals surface area contributed by atoms with Crippen molar-refractivity contribution in [3.8, 4) is 0 Å². The van der Waals surface area contributed by atoms with Crippen LogP contribution >= 0.6 is 11.3 Å². The summed E-state index contributed by atoms with van der Waals surface area (Å²) >= 11 is 1.36. The molecule has 25 heavy (non-hydrogen) atoms. The van der Waals surface area contributed by atoms with Gasteiger partial charge in [-0.3, -0.25) is 0 Å². The SMILES string of the molecule is O=S(=O)(CCNc1nnc(Cc2ccc(F)cc2)s1)N1CCOCC1. The highest BCUT2D eigenvalue weighted by Crippen LogP contribution is 2.18. The fraction of sp³-hybridized carbons (Fsp3) is 0.467. The van der Waals surface area contributed by atoms with E-state index in [2.05, 4.69) is 15.5 Å². The summed E-state index contributed by atoms with van der Waals surface area (Å²) < 4.78 is 44.0. The molecule has 1 aliphatic heterocycles. The number of hydrogen-bond acceptors (Lipinski definition) is 7. The Bertz CT molecular complexity index is 789. The third-order valence-electron chi connectivity index (χ3n) is 3.74. The topological polar surface area (TPSA) is 84.4 Å². The normalized spacial score (nSPS) is 16.0. The number of sulfonamides is 1. The Morgan fingerprint density at radius 2 is 1.92 bits per heavy atom. The van der Waals surface area contributed by atoms with Crippen LogP contribution in [0, 0.1) is 5.82 Å². The summed E-state index contributed by atoms with van der Waals surface area (Å²) in [6.45, 7) is 1.96. The van der Waals surface area contributed by atoms with E-state index in [0.29, 0.717) is 37.9 Å². The minimum atomic E-state index is -3.29. The van der Waals surface area contributed by atoms with Crippen molar-refractivity contribution in [1.29, 1.82) is 0 Å². The van der Waals surface area contributed by atoms with Crippen LogP contribution in [0.3, 0.4) is 0 Å². The van der Waals surface area contributed by atoms with Crippen molar-refractivity contribution in [1.82, 2.24) is 14.5 Å². The monoisotopic (exact) mass is 386 g/mol. The molecule has 0 saturated carbocycles. The van der Waals surface area contributed by atoms with E-state index in [1.54, 1.807) is 12.1 Å². The maximum absolute atomic E-state index is 12.9. The fourth-order valence-electron chi connectivity index (χ4n) is 2.41. The lowest BCUT2D eigenvalue weighted by atomic mass is 10.2. The van der Waals surface area contributed by atoms with Gasteiger partial charge in [-0.1, -0.05) is 23.5 Å². The van der Waals surface area contributed by atoms with Crippen LogP contribution in [-0.4, -0.2) is 61.5 Å². The van der Waals surface area contributed by atoms with E-state index in [4.69, 9.17) is 4.74 Å². The molecule has 0 bridgehead atoms. The second-order valence-electron chi connectivity index (χ2n) is 5.56.